The van der Waals surface area contributed by atoms with Crippen molar-refractivity contribution < 1.29 is 13.7 Å². The first-order valence-electron chi connectivity index (χ1n) is 8.99. The highest BCUT2D eigenvalue weighted by molar-refractivity contribution is 7.87. The van der Waals surface area contributed by atoms with Gasteiger partial charge >= 0.3 is 0 Å². The molecule has 0 spiro atoms. The predicted molar refractivity (Wildman–Crippen MR) is 112 cm³/mol. The van der Waals surface area contributed by atoms with Gasteiger partial charge in [0, 0.05) is 10.1 Å². The molecule has 3 nitrogen and oxygen atoms in total. The number of rotatable bonds is 7. The lowest BCUT2D eigenvalue weighted by atomic mass is 10.3. The fraction of sp³-hybridized carbons (Fsp3) is 0.700. The topological polar surface area (TPSA) is 35.5 Å². The summed E-state index contributed by atoms with van der Waals surface area (Å²) in [5, 5.41) is 1.11. The molecule has 0 aliphatic heterocycles. The molecule has 0 bridgehead atoms. The first-order valence-corrected chi connectivity index (χ1v) is 11.6. The van der Waals surface area contributed by atoms with Gasteiger partial charge in [-0.1, -0.05) is 35.6 Å². The molecule has 0 heterocycles. The fourth-order valence-electron chi connectivity index (χ4n) is 2.88. The molecule has 25 heavy (non-hydrogen) atoms. The van der Waals surface area contributed by atoms with Gasteiger partial charge in [-0.2, -0.15) is 0 Å². The maximum atomic E-state index is 13.3. The van der Waals surface area contributed by atoms with Crippen molar-refractivity contribution in [1.29, 1.82) is 0 Å². The van der Waals surface area contributed by atoms with Crippen LogP contribution in [0.2, 0.25) is 0 Å². The molecule has 0 fully saturated rings. The summed E-state index contributed by atoms with van der Waals surface area (Å²) in [4.78, 5) is 0.900. The van der Waals surface area contributed by atoms with Gasteiger partial charge in [0.1, 0.15) is 0 Å². The molecule has 5 heteroatoms. The third kappa shape index (κ3) is 5.44. The summed E-state index contributed by atoms with van der Waals surface area (Å²) in [6, 6.07) is 3.87. The lowest BCUT2D eigenvalue weighted by Gasteiger charge is -2.32. The zero-order valence-corrected chi connectivity index (χ0v) is 19.2. The highest BCUT2D eigenvalue weighted by atomic mass is 32.2. The Labute approximate surface area is 158 Å². The van der Waals surface area contributed by atoms with Crippen molar-refractivity contribution in [2.24, 2.45) is 0 Å². The van der Waals surface area contributed by atoms with Crippen molar-refractivity contribution in [3.63, 3.8) is 0 Å². The maximum absolute atomic E-state index is 13.3. The molecule has 0 aromatic heterocycles. The minimum Gasteiger partial charge on any atom is -0.493 e. The molecule has 0 saturated carbocycles. The van der Waals surface area contributed by atoms with Crippen molar-refractivity contribution in [2.75, 3.05) is 7.11 Å². The van der Waals surface area contributed by atoms with Gasteiger partial charge in [0.15, 0.2) is 11.5 Å². The van der Waals surface area contributed by atoms with E-state index in [2.05, 4.69) is 27.7 Å². The van der Waals surface area contributed by atoms with Crippen LogP contribution in [0.1, 0.15) is 62.3 Å². The van der Waals surface area contributed by atoms with Crippen molar-refractivity contribution >= 4 is 24.0 Å². The monoisotopic (exact) mass is 386 g/mol. The zero-order chi connectivity index (χ0) is 19.5. The second kappa shape index (κ2) is 8.86. The molecule has 144 valence electrons. The molecule has 0 aliphatic carbocycles. The zero-order valence-electron chi connectivity index (χ0n) is 17.5. The minimum atomic E-state index is -1.12. The molecule has 0 saturated heterocycles. The lowest BCUT2D eigenvalue weighted by Crippen LogP contribution is -2.29. The molecule has 1 aromatic carbocycles. The summed E-state index contributed by atoms with van der Waals surface area (Å²) in [5.74, 6) is 1.51. The van der Waals surface area contributed by atoms with Crippen molar-refractivity contribution in [3.8, 4) is 11.5 Å². The molecule has 1 atom stereocenters. The predicted octanol–water partition coefficient (Wildman–Crippen LogP) is 5.31. The van der Waals surface area contributed by atoms with Crippen LogP contribution in [0.3, 0.4) is 0 Å². The van der Waals surface area contributed by atoms with Crippen LogP contribution in [0.15, 0.2) is 17.0 Å². The standard InChI is InChI=1S/C20H35O3PS/c1-13(2)23-18-16(22-10)11-12-17(25(21)20(7,8)9)19(18)24(14(3)4)15(5)6/h11-15H,1-10H3/t25-/m0/s1. The number of methoxy groups -OCH3 is 1. The van der Waals surface area contributed by atoms with Gasteiger partial charge in [0.05, 0.1) is 28.9 Å². The highest BCUT2D eigenvalue weighted by Gasteiger charge is 2.33. The van der Waals surface area contributed by atoms with E-state index in [1.165, 1.54) is 0 Å². The van der Waals surface area contributed by atoms with Crippen LogP contribution in [-0.4, -0.2) is 33.5 Å². The molecule has 0 N–H and O–H groups in total. The first kappa shape index (κ1) is 22.4. The Hall–Kier alpha value is -0.600. The quantitative estimate of drug-likeness (QED) is 0.596. The Morgan fingerprint density at radius 1 is 1.00 bits per heavy atom. The van der Waals surface area contributed by atoms with Gasteiger partial charge in [0.2, 0.25) is 0 Å². The van der Waals surface area contributed by atoms with E-state index in [9.17, 15) is 4.21 Å². The fourth-order valence-corrected chi connectivity index (χ4v) is 7.52. The van der Waals surface area contributed by atoms with Gasteiger partial charge in [0.25, 0.3) is 0 Å². The number of hydrogen-bond donors (Lipinski definition) is 0. The summed E-state index contributed by atoms with van der Waals surface area (Å²) in [6.07, 6.45) is 0.0298. The Kier molecular flexibility index (Phi) is 7.95. The van der Waals surface area contributed by atoms with Crippen molar-refractivity contribution in [1.82, 2.24) is 0 Å². The average Bonchev–Trinajstić information content (AvgIpc) is 2.45. The van der Waals surface area contributed by atoms with Crippen molar-refractivity contribution in [3.05, 3.63) is 12.1 Å². The van der Waals surface area contributed by atoms with Crippen LogP contribution < -0.4 is 14.8 Å². The van der Waals surface area contributed by atoms with Crippen LogP contribution in [0.25, 0.3) is 0 Å². The third-order valence-corrected chi connectivity index (χ3v) is 8.95. The molecular weight excluding hydrogens is 351 g/mol. The summed E-state index contributed by atoms with van der Waals surface area (Å²) < 4.78 is 24.8. The Morgan fingerprint density at radius 3 is 1.88 bits per heavy atom. The van der Waals surface area contributed by atoms with E-state index in [0.29, 0.717) is 11.3 Å². The second-order valence-corrected chi connectivity index (χ2v) is 13.6. The molecule has 1 aromatic rings. The van der Waals surface area contributed by atoms with E-state index in [4.69, 9.17) is 9.47 Å². The molecule has 0 aliphatic rings. The molecule has 0 radical (unpaired) electrons. The van der Waals surface area contributed by atoms with E-state index in [1.54, 1.807) is 7.11 Å². The number of benzene rings is 1. The average molecular weight is 387 g/mol. The van der Waals surface area contributed by atoms with Crippen LogP contribution >= 0.6 is 7.92 Å². The molecular formula is C20H35O3PS. The molecule has 0 amide bonds. The van der Waals surface area contributed by atoms with Gasteiger partial charge < -0.3 is 9.47 Å². The molecule has 0 unspecified atom stereocenters. The Bertz CT molecular complexity index is 596. The van der Waals surface area contributed by atoms with E-state index in [0.717, 1.165) is 21.7 Å². The minimum absolute atomic E-state index is 0.0298. The third-order valence-electron chi connectivity index (χ3n) is 3.76. The second-order valence-electron chi connectivity index (χ2n) is 8.09. The maximum Gasteiger partial charge on any atom is 0.170 e. The summed E-state index contributed by atoms with van der Waals surface area (Å²) in [5.41, 5.74) is 0.930. The van der Waals surface area contributed by atoms with Gasteiger partial charge in [-0.25, -0.2) is 0 Å². The van der Waals surface area contributed by atoms with Crippen LogP contribution in [0.4, 0.5) is 0 Å². The van der Waals surface area contributed by atoms with E-state index < -0.39 is 18.7 Å². The van der Waals surface area contributed by atoms with Crippen LogP contribution in [0, 0.1) is 0 Å². The Morgan fingerprint density at radius 2 is 1.52 bits per heavy atom. The number of ether oxygens (including phenoxy) is 2. The van der Waals surface area contributed by atoms with Crippen LogP contribution in [0.5, 0.6) is 11.5 Å². The largest absolute Gasteiger partial charge is 0.493 e. The smallest absolute Gasteiger partial charge is 0.170 e. The molecule has 1 rings (SSSR count). The first-order chi connectivity index (χ1) is 11.4. The van der Waals surface area contributed by atoms with Crippen molar-refractivity contribution in [2.45, 2.75) is 89.4 Å². The van der Waals surface area contributed by atoms with Gasteiger partial charge in [-0.3, -0.25) is 4.21 Å². The van der Waals surface area contributed by atoms with E-state index in [-0.39, 0.29) is 10.9 Å². The summed E-state index contributed by atoms with van der Waals surface area (Å²) in [7, 11) is 0.000195. The Balaban J connectivity index is 3.82. The summed E-state index contributed by atoms with van der Waals surface area (Å²) >= 11 is 0. The number of hydrogen-bond acceptors (Lipinski definition) is 3. The SMILES string of the molecule is COc1ccc([S@](=O)C(C)(C)C)c(P(C(C)C)C(C)C)c1OC(C)C. The van der Waals surface area contributed by atoms with Gasteiger partial charge in [-0.15, -0.1) is 0 Å². The summed E-state index contributed by atoms with van der Waals surface area (Å²) in [6.45, 7) is 19.1. The van der Waals surface area contributed by atoms with E-state index in [1.807, 2.05) is 46.8 Å². The normalized spacial score (nSPS) is 13.8. The van der Waals surface area contributed by atoms with Crippen LogP contribution in [-0.2, 0) is 10.8 Å². The van der Waals surface area contributed by atoms with E-state index >= 15 is 0 Å². The lowest BCUT2D eigenvalue weighted by molar-refractivity contribution is 0.232. The van der Waals surface area contributed by atoms with Gasteiger partial charge in [-0.05, 0) is 58.1 Å². The highest BCUT2D eigenvalue weighted by Crippen LogP contribution is 2.51.